The van der Waals surface area contributed by atoms with Gasteiger partial charge in [-0.2, -0.15) is 0 Å². The van der Waals surface area contributed by atoms with Crippen molar-refractivity contribution in [2.75, 3.05) is 11.4 Å². The van der Waals surface area contributed by atoms with Crippen LogP contribution in [0.3, 0.4) is 0 Å². The predicted octanol–water partition coefficient (Wildman–Crippen LogP) is 1.27. The van der Waals surface area contributed by atoms with Crippen molar-refractivity contribution in [2.24, 2.45) is 0 Å². The second-order valence-corrected chi connectivity index (χ2v) is 4.07. The molecule has 82 valence electrons. The van der Waals surface area contributed by atoms with Crippen LogP contribution in [0, 0.1) is 0 Å². The molecular weight excluding hydrogens is 242 g/mol. The van der Waals surface area contributed by atoms with Gasteiger partial charge in [-0.05, 0) is 18.2 Å². The molecule has 0 aliphatic rings. The van der Waals surface area contributed by atoms with Crippen molar-refractivity contribution >= 4 is 34.5 Å². The van der Waals surface area contributed by atoms with E-state index >= 15 is 0 Å². The van der Waals surface area contributed by atoms with Gasteiger partial charge in [0, 0.05) is 24.0 Å². The third-order valence-corrected chi connectivity index (χ3v) is 2.74. The zero-order chi connectivity index (χ0) is 11.6. The number of aromatic carboxylic acids is 1. The first-order valence-corrected chi connectivity index (χ1v) is 5.20. The summed E-state index contributed by atoms with van der Waals surface area (Å²) < 4.78 is 22.1. The Kier molecular flexibility index (Phi) is 3.67. The van der Waals surface area contributed by atoms with Gasteiger partial charge < -0.3 is 14.0 Å². The van der Waals surface area contributed by atoms with E-state index in [2.05, 4.69) is 0 Å². The maximum atomic E-state index is 10.6. The zero-order valence-electron chi connectivity index (χ0n) is 7.64. The lowest BCUT2D eigenvalue weighted by molar-refractivity contribution is 0.0697. The molecule has 1 aromatic rings. The van der Waals surface area contributed by atoms with E-state index in [-0.39, 0.29) is 10.6 Å². The van der Waals surface area contributed by atoms with E-state index in [1.165, 1.54) is 25.2 Å². The number of carboxylic acids is 1. The van der Waals surface area contributed by atoms with Gasteiger partial charge in [0.2, 0.25) is 0 Å². The van der Waals surface area contributed by atoms with Crippen LogP contribution in [0.5, 0.6) is 0 Å². The molecule has 15 heavy (non-hydrogen) atoms. The van der Waals surface area contributed by atoms with Crippen molar-refractivity contribution in [3.63, 3.8) is 0 Å². The van der Waals surface area contributed by atoms with E-state index in [4.69, 9.17) is 16.7 Å². The van der Waals surface area contributed by atoms with Crippen molar-refractivity contribution in [3.05, 3.63) is 28.8 Å². The first-order valence-electron chi connectivity index (χ1n) is 3.79. The minimum absolute atomic E-state index is 0.00250. The number of hydrogen-bond acceptors (Lipinski definition) is 3. The quantitative estimate of drug-likeness (QED) is 0.817. The fourth-order valence-corrected chi connectivity index (χ4v) is 1.50. The van der Waals surface area contributed by atoms with Crippen LogP contribution >= 0.6 is 11.6 Å². The normalized spacial score (nSPS) is 12.2. The van der Waals surface area contributed by atoms with Crippen molar-refractivity contribution in [2.45, 2.75) is 0 Å². The SMILES string of the molecule is CN(c1ccc(C(=O)O)c(Cl)c1)S(=O)[O-]. The Labute approximate surface area is 93.7 Å². The minimum Gasteiger partial charge on any atom is -0.755 e. The number of benzene rings is 1. The molecule has 0 fully saturated rings. The number of carbonyl (C=O) groups is 1. The molecule has 1 N–H and O–H groups in total. The largest absolute Gasteiger partial charge is 0.755 e. The van der Waals surface area contributed by atoms with Crippen LogP contribution < -0.4 is 4.31 Å². The van der Waals surface area contributed by atoms with E-state index in [9.17, 15) is 13.6 Å². The van der Waals surface area contributed by atoms with Crippen LogP contribution in [0.25, 0.3) is 0 Å². The first-order chi connectivity index (χ1) is 6.93. The molecule has 5 nitrogen and oxygen atoms in total. The number of rotatable bonds is 3. The Bertz CT molecular complexity index is 423. The van der Waals surface area contributed by atoms with E-state index in [0.29, 0.717) is 5.69 Å². The van der Waals surface area contributed by atoms with Gasteiger partial charge in [0.1, 0.15) is 0 Å². The number of carboxylic acid groups (broad SMARTS) is 1. The van der Waals surface area contributed by atoms with Crippen LogP contribution in [-0.2, 0) is 11.3 Å². The summed E-state index contributed by atoms with van der Waals surface area (Å²) in [6, 6.07) is 3.90. The van der Waals surface area contributed by atoms with Gasteiger partial charge in [-0.3, -0.25) is 4.21 Å². The van der Waals surface area contributed by atoms with E-state index < -0.39 is 17.2 Å². The maximum absolute atomic E-state index is 10.6. The predicted molar refractivity (Wildman–Crippen MR) is 55.7 cm³/mol. The molecule has 0 spiro atoms. The second kappa shape index (κ2) is 4.61. The van der Waals surface area contributed by atoms with E-state index in [0.717, 1.165) is 4.31 Å². The van der Waals surface area contributed by atoms with Gasteiger partial charge in [-0.1, -0.05) is 11.6 Å². The summed E-state index contributed by atoms with van der Waals surface area (Å²) in [5.74, 6) is -1.16. The number of hydrogen-bond donors (Lipinski definition) is 1. The van der Waals surface area contributed by atoms with Gasteiger partial charge in [-0.25, -0.2) is 4.79 Å². The van der Waals surface area contributed by atoms with Gasteiger partial charge in [0.15, 0.2) is 0 Å². The molecule has 0 aliphatic carbocycles. The third-order valence-electron chi connectivity index (χ3n) is 1.77. The maximum Gasteiger partial charge on any atom is 0.337 e. The number of nitrogens with zero attached hydrogens (tertiary/aromatic N) is 1. The lowest BCUT2D eigenvalue weighted by atomic mass is 10.2. The van der Waals surface area contributed by atoms with Gasteiger partial charge in [0.25, 0.3) is 0 Å². The average Bonchev–Trinajstić information content (AvgIpc) is 2.15. The topological polar surface area (TPSA) is 80.7 Å². The minimum atomic E-state index is -2.41. The first kappa shape index (κ1) is 12.0. The molecule has 0 bridgehead atoms. The Hall–Kier alpha value is -1.11. The summed E-state index contributed by atoms with van der Waals surface area (Å²) in [5.41, 5.74) is 0.240. The lowest BCUT2D eigenvalue weighted by Gasteiger charge is -2.21. The molecule has 0 saturated carbocycles. The van der Waals surface area contributed by atoms with Crippen LogP contribution in [-0.4, -0.2) is 26.9 Å². The summed E-state index contributed by atoms with van der Waals surface area (Å²) >= 11 is 3.26. The van der Waals surface area contributed by atoms with Crippen LogP contribution in [0.2, 0.25) is 5.02 Å². The third kappa shape index (κ3) is 2.68. The van der Waals surface area contributed by atoms with E-state index in [1.807, 2.05) is 0 Å². The Balaban J connectivity index is 3.12. The highest BCUT2D eigenvalue weighted by molar-refractivity contribution is 7.80. The highest BCUT2D eigenvalue weighted by Crippen LogP contribution is 2.23. The second-order valence-electron chi connectivity index (χ2n) is 2.68. The molecule has 0 aliphatic heterocycles. The molecule has 1 unspecified atom stereocenters. The summed E-state index contributed by atoms with van der Waals surface area (Å²) in [5, 5.41) is 8.68. The fourth-order valence-electron chi connectivity index (χ4n) is 0.959. The van der Waals surface area contributed by atoms with Crippen molar-refractivity contribution in [1.29, 1.82) is 0 Å². The van der Waals surface area contributed by atoms with Gasteiger partial charge in [0.05, 0.1) is 10.6 Å². The molecule has 1 rings (SSSR count). The number of halogens is 1. The monoisotopic (exact) mass is 248 g/mol. The molecule has 0 heterocycles. The molecule has 7 heteroatoms. The molecule has 0 saturated heterocycles. The fraction of sp³-hybridized carbons (Fsp3) is 0.125. The van der Waals surface area contributed by atoms with Crippen LogP contribution in [0.4, 0.5) is 5.69 Å². The summed E-state index contributed by atoms with van der Waals surface area (Å²) in [6.45, 7) is 0. The van der Waals surface area contributed by atoms with Crippen LogP contribution in [0.1, 0.15) is 10.4 Å². The van der Waals surface area contributed by atoms with Gasteiger partial charge >= 0.3 is 5.97 Å². The average molecular weight is 249 g/mol. The van der Waals surface area contributed by atoms with Crippen molar-refractivity contribution in [3.8, 4) is 0 Å². The van der Waals surface area contributed by atoms with E-state index in [1.54, 1.807) is 0 Å². The van der Waals surface area contributed by atoms with Gasteiger partial charge in [-0.15, -0.1) is 0 Å². The Morgan fingerprint density at radius 2 is 2.20 bits per heavy atom. The molecular formula is C8H7ClNO4S-. The lowest BCUT2D eigenvalue weighted by Crippen LogP contribution is -2.19. The summed E-state index contributed by atoms with van der Waals surface area (Å²) in [6.07, 6.45) is 0. The standard InChI is InChI=1S/C8H8ClNO4S/c1-10(15(13)14)5-2-3-6(8(11)12)7(9)4-5/h2-4H,1H3,(H,11,12)(H,13,14)/p-1. The summed E-state index contributed by atoms with van der Waals surface area (Å²) in [4.78, 5) is 10.6. The number of anilines is 1. The zero-order valence-corrected chi connectivity index (χ0v) is 9.21. The van der Waals surface area contributed by atoms with Crippen molar-refractivity contribution < 1.29 is 18.7 Å². The smallest absolute Gasteiger partial charge is 0.337 e. The molecule has 0 radical (unpaired) electrons. The van der Waals surface area contributed by atoms with Crippen molar-refractivity contribution in [1.82, 2.24) is 0 Å². The Morgan fingerprint density at radius 1 is 1.60 bits per heavy atom. The molecule has 1 atom stereocenters. The van der Waals surface area contributed by atoms with Crippen LogP contribution in [0.15, 0.2) is 18.2 Å². The highest BCUT2D eigenvalue weighted by Gasteiger charge is 2.10. The molecule has 0 aromatic heterocycles. The molecule has 0 amide bonds. The highest BCUT2D eigenvalue weighted by atomic mass is 35.5. The molecule has 1 aromatic carbocycles. The Morgan fingerprint density at radius 3 is 2.60 bits per heavy atom. The summed E-state index contributed by atoms with van der Waals surface area (Å²) in [7, 11) is 1.33.